The third kappa shape index (κ3) is 4.51. The molecule has 0 spiro atoms. The minimum Gasteiger partial charge on any atom is -0.494 e. The molecule has 4 rings (SSSR count). The Labute approximate surface area is 178 Å². The first kappa shape index (κ1) is 21.5. The van der Waals surface area contributed by atoms with E-state index in [9.17, 15) is 4.79 Å². The van der Waals surface area contributed by atoms with Gasteiger partial charge < -0.3 is 20.1 Å². The molecule has 2 N–H and O–H groups in total. The van der Waals surface area contributed by atoms with Crippen LogP contribution >= 0.6 is 12.4 Å². The van der Waals surface area contributed by atoms with E-state index >= 15 is 0 Å². The zero-order chi connectivity index (χ0) is 19.5. The van der Waals surface area contributed by atoms with Crippen LogP contribution in [-0.4, -0.2) is 43.7 Å². The number of hydrogen-bond donors (Lipinski definition) is 1. The lowest BCUT2D eigenvalue weighted by Gasteiger charge is -2.28. The number of benzene rings is 2. The number of ether oxygens (including phenoxy) is 2. The standard InChI is InChI=1S/C23H28N2O3.ClH/c1-2-27-20-8-9-22-17(11-20)10-18(15-28-22)23(26)25-13-19(12-24)21(14-25)16-6-4-3-5-7-16;/h3-9,11,18-19,21H,2,10,12-15,24H2,1H3;1H/t18?,19-,21+;/m1./s1. The summed E-state index contributed by atoms with van der Waals surface area (Å²) in [6.45, 7) is 5.05. The van der Waals surface area contributed by atoms with Crippen LogP contribution < -0.4 is 15.2 Å². The zero-order valence-electron chi connectivity index (χ0n) is 16.8. The lowest BCUT2D eigenvalue weighted by molar-refractivity contribution is -0.136. The molecular weight excluding hydrogens is 388 g/mol. The van der Waals surface area contributed by atoms with E-state index in [4.69, 9.17) is 15.2 Å². The van der Waals surface area contributed by atoms with E-state index in [0.29, 0.717) is 38.0 Å². The van der Waals surface area contributed by atoms with Gasteiger partial charge in [0.1, 0.15) is 18.1 Å². The summed E-state index contributed by atoms with van der Waals surface area (Å²) in [5.41, 5.74) is 8.34. The number of fused-ring (bicyclic) bond motifs is 1. The van der Waals surface area contributed by atoms with Gasteiger partial charge in [-0.25, -0.2) is 0 Å². The molecule has 1 amide bonds. The molecule has 1 saturated heterocycles. The van der Waals surface area contributed by atoms with E-state index in [0.717, 1.165) is 30.2 Å². The molecule has 156 valence electrons. The molecule has 2 aliphatic heterocycles. The van der Waals surface area contributed by atoms with Crippen molar-refractivity contribution in [3.63, 3.8) is 0 Å². The summed E-state index contributed by atoms with van der Waals surface area (Å²) in [6.07, 6.45) is 0.689. The van der Waals surface area contributed by atoms with Gasteiger partial charge in [0.05, 0.1) is 12.5 Å². The molecule has 2 aromatic carbocycles. The van der Waals surface area contributed by atoms with Gasteiger partial charge in [-0.15, -0.1) is 12.4 Å². The number of amides is 1. The van der Waals surface area contributed by atoms with E-state index in [1.165, 1.54) is 5.56 Å². The Hall–Kier alpha value is -2.24. The highest BCUT2D eigenvalue weighted by Gasteiger charge is 2.38. The predicted octanol–water partition coefficient (Wildman–Crippen LogP) is 3.26. The first-order valence-corrected chi connectivity index (χ1v) is 10.1. The Balaban J connectivity index is 0.00000240. The second-order valence-electron chi connectivity index (χ2n) is 7.67. The third-order valence-corrected chi connectivity index (χ3v) is 5.88. The molecule has 1 fully saturated rings. The number of nitrogens with two attached hydrogens (primary N) is 1. The second-order valence-corrected chi connectivity index (χ2v) is 7.67. The Morgan fingerprint density at radius 1 is 1.21 bits per heavy atom. The first-order chi connectivity index (χ1) is 13.7. The van der Waals surface area contributed by atoms with Crippen LogP contribution in [0.15, 0.2) is 48.5 Å². The Morgan fingerprint density at radius 2 is 2.00 bits per heavy atom. The summed E-state index contributed by atoms with van der Waals surface area (Å²) in [5, 5.41) is 0. The van der Waals surface area contributed by atoms with E-state index in [1.807, 2.05) is 36.1 Å². The molecule has 3 atom stereocenters. The Bertz CT molecular complexity index is 830. The Morgan fingerprint density at radius 3 is 2.72 bits per heavy atom. The van der Waals surface area contributed by atoms with Crippen LogP contribution in [0.2, 0.25) is 0 Å². The predicted molar refractivity (Wildman–Crippen MR) is 116 cm³/mol. The van der Waals surface area contributed by atoms with Gasteiger partial charge in [-0.05, 0) is 55.1 Å². The number of carbonyl (C=O) groups is 1. The molecule has 0 saturated carbocycles. The quantitative estimate of drug-likeness (QED) is 0.812. The fourth-order valence-corrected chi connectivity index (χ4v) is 4.41. The van der Waals surface area contributed by atoms with Gasteiger partial charge in [0.2, 0.25) is 5.91 Å². The van der Waals surface area contributed by atoms with Crippen molar-refractivity contribution in [1.29, 1.82) is 0 Å². The van der Waals surface area contributed by atoms with Crippen LogP contribution in [0.5, 0.6) is 11.5 Å². The summed E-state index contributed by atoms with van der Waals surface area (Å²) < 4.78 is 11.5. The molecule has 0 bridgehead atoms. The largest absolute Gasteiger partial charge is 0.494 e. The maximum Gasteiger partial charge on any atom is 0.229 e. The zero-order valence-corrected chi connectivity index (χ0v) is 17.6. The molecule has 0 aliphatic carbocycles. The van der Waals surface area contributed by atoms with Gasteiger partial charge in [-0.1, -0.05) is 30.3 Å². The molecule has 1 unspecified atom stereocenters. The summed E-state index contributed by atoms with van der Waals surface area (Å²) in [4.78, 5) is 15.2. The molecule has 29 heavy (non-hydrogen) atoms. The highest BCUT2D eigenvalue weighted by Crippen LogP contribution is 2.35. The number of nitrogens with zero attached hydrogens (tertiary/aromatic N) is 1. The van der Waals surface area contributed by atoms with Crippen molar-refractivity contribution in [3.8, 4) is 11.5 Å². The van der Waals surface area contributed by atoms with Crippen LogP contribution in [0.1, 0.15) is 24.0 Å². The molecule has 5 nitrogen and oxygen atoms in total. The molecule has 0 radical (unpaired) electrons. The second kappa shape index (κ2) is 9.51. The van der Waals surface area contributed by atoms with E-state index in [1.54, 1.807) is 0 Å². The van der Waals surface area contributed by atoms with Crippen molar-refractivity contribution in [2.75, 3.05) is 32.8 Å². The summed E-state index contributed by atoms with van der Waals surface area (Å²) in [5.74, 6) is 2.30. The molecule has 6 heteroatoms. The molecule has 2 aromatic rings. The monoisotopic (exact) mass is 416 g/mol. The van der Waals surface area contributed by atoms with Crippen LogP contribution in [0, 0.1) is 11.8 Å². The molecular formula is C23H29ClN2O3. The van der Waals surface area contributed by atoms with E-state index in [2.05, 4.69) is 24.3 Å². The summed E-state index contributed by atoms with van der Waals surface area (Å²) in [7, 11) is 0. The highest BCUT2D eigenvalue weighted by molar-refractivity contribution is 5.85. The van der Waals surface area contributed by atoms with Gasteiger partial charge in [0.15, 0.2) is 0 Å². The van der Waals surface area contributed by atoms with Crippen molar-refractivity contribution < 1.29 is 14.3 Å². The van der Waals surface area contributed by atoms with Gasteiger partial charge in [-0.2, -0.15) is 0 Å². The minimum absolute atomic E-state index is 0. The fourth-order valence-electron chi connectivity index (χ4n) is 4.41. The number of hydrogen-bond acceptors (Lipinski definition) is 4. The average Bonchev–Trinajstić information content (AvgIpc) is 3.18. The smallest absolute Gasteiger partial charge is 0.229 e. The van der Waals surface area contributed by atoms with Crippen molar-refractivity contribution in [3.05, 3.63) is 59.7 Å². The first-order valence-electron chi connectivity index (χ1n) is 10.1. The summed E-state index contributed by atoms with van der Waals surface area (Å²) >= 11 is 0. The van der Waals surface area contributed by atoms with Crippen molar-refractivity contribution in [2.24, 2.45) is 17.6 Å². The minimum atomic E-state index is -0.155. The third-order valence-electron chi connectivity index (χ3n) is 5.88. The number of rotatable bonds is 5. The normalized spacial score (nSPS) is 23.0. The Kier molecular flexibility index (Phi) is 7.04. The van der Waals surface area contributed by atoms with Crippen LogP contribution in [0.3, 0.4) is 0 Å². The van der Waals surface area contributed by atoms with Crippen LogP contribution in [-0.2, 0) is 11.2 Å². The van der Waals surface area contributed by atoms with E-state index in [-0.39, 0.29) is 24.2 Å². The maximum atomic E-state index is 13.2. The van der Waals surface area contributed by atoms with E-state index < -0.39 is 0 Å². The number of carbonyl (C=O) groups excluding carboxylic acids is 1. The molecule has 2 aliphatic rings. The fraction of sp³-hybridized carbons (Fsp3) is 0.435. The van der Waals surface area contributed by atoms with Crippen LogP contribution in [0.25, 0.3) is 0 Å². The molecule has 0 aromatic heterocycles. The van der Waals surface area contributed by atoms with Crippen molar-refractivity contribution in [2.45, 2.75) is 19.3 Å². The molecule has 2 heterocycles. The van der Waals surface area contributed by atoms with Gasteiger partial charge >= 0.3 is 0 Å². The lowest BCUT2D eigenvalue weighted by Crippen LogP contribution is -2.40. The van der Waals surface area contributed by atoms with Gasteiger partial charge in [0, 0.05) is 19.0 Å². The maximum absolute atomic E-state index is 13.2. The topological polar surface area (TPSA) is 64.8 Å². The highest BCUT2D eigenvalue weighted by atomic mass is 35.5. The summed E-state index contributed by atoms with van der Waals surface area (Å²) in [6, 6.07) is 16.2. The van der Waals surface area contributed by atoms with Gasteiger partial charge in [0.25, 0.3) is 0 Å². The van der Waals surface area contributed by atoms with Crippen LogP contribution in [0.4, 0.5) is 0 Å². The lowest BCUT2D eigenvalue weighted by atomic mass is 9.89. The van der Waals surface area contributed by atoms with Gasteiger partial charge in [-0.3, -0.25) is 4.79 Å². The van der Waals surface area contributed by atoms with Crippen molar-refractivity contribution >= 4 is 18.3 Å². The number of halogens is 1. The average molecular weight is 417 g/mol. The number of likely N-dealkylation sites (tertiary alicyclic amines) is 1. The SMILES string of the molecule is CCOc1ccc2c(c1)CC(C(=O)N1C[C@@H](CN)[C@H](c3ccccc3)C1)CO2.Cl. The van der Waals surface area contributed by atoms with Crippen molar-refractivity contribution in [1.82, 2.24) is 4.90 Å².